The molecule has 19 heavy (non-hydrogen) atoms. The van der Waals surface area contributed by atoms with Crippen molar-refractivity contribution in [3.8, 4) is 0 Å². The normalized spacial score (nSPS) is 18.0. The lowest BCUT2D eigenvalue weighted by Gasteiger charge is -2.37. The van der Waals surface area contributed by atoms with Crippen LogP contribution in [0.1, 0.15) is 54.4 Å². The SMILES string of the molecule is CC(CO)C(C)CCO.CCC(C)(O)C(C)(C)CO. The van der Waals surface area contributed by atoms with Crippen molar-refractivity contribution in [3.63, 3.8) is 0 Å². The van der Waals surface area contributed by atoms with E-state index >= 15 is 0 Å². The van der Waals surface area contributed by atoms with Crippen molar-refractivity contribution in [1.29, 1.82) is 0 Å². The second-order valence-corrected chi connectivity index (χ2v) is 6.32. The van der Waals surface area contributed by atoms with E-state index in [0.717, 1.165) is 6.42 Å². The fraction of sp³-hybridized carbons (Fsp3) is 1.00. The number of rotatable bonds is 7. The highest BCUT2D eigenvalue weighted by molar-refractivity contribution is 4.87. The van der Waals surface area contributed by atoms with Gasteiger partial charge in [0.15, 0.2) is 0 Å². The van der Waals surface area contributed by atoms with Crippen LogP contribution in [0.3, 0.4) is 0 Å². The number of hydrogen-bond donors (Lipinski definition) is 4. The third-order valence-corrected chi connectivity index (χ3v) is 4.39. The summed E-state index contributed by atoms with van der Waals surface area (Å²) in [5.41, 5.74) is -1.16. The van der Waals surface area contributed by atoms with Gasteiger partial charge in [0, 0.05) is 18.6 Å². The second kappa shape index (κ2) is 9.70. The molecule has 118 valence electrons. The van der Waals surface area contributed by atoms with E-state index in [9.17, 15) is 5.11 Å². The Kier molecular flexibility index (Phi) is 10.8. The Balaban J connectivity index is 0. The van der Waals surface area contributed by atoms with Gasteiger partial charge in [0.05, 0.1) is 12.2 Å². The lowest BCUT2D eigenvalue weighted by atomic mass is 9.75. The van der Waals surface area contributed by atoms with E-state index in [4.69, 9.17) is 15.3 Å². The summed E-state index contributed by atoms with van der Waals surface area (Å²) in [5, 5.41) is 35.7. The van der Waals surface area contributed by atoms with Crippen LogP contribution in [0.25, 0.3) is 0 Å². The van der Waals surface area contributed by atoms with Crippen LogP contribution in [0, 0.1) is 17.3 Å². The Hall–Kier alpha value is -0.160. The predicted molar refractivity (Wildman–Crippen MR) is 78.9 cm³/mol. The van der Waals surface area contributed by atoms with E-state index in [-0.39, 0.29) is 19.8 Å². The van der Waals surface area contributed by atoms with Crippen molar-refractivity contribution >= 4 is 0 Å². The van der Waals surface area contributed by atoms with Crippen molar-refractivity contribution in [2.75, 3.05) is 19.8 Å². The van der Waals surface area contributed by atoms with E-state index < -0.39 is 11.0 Å². The summed E-state index contributed by atoms with van der Waals surface area (Å²) in [5.74, 6) is 0.747. The molecule has 0 aromatic carbocycles. The van der Waals surface area contributed by atoms with E-state index in [1.165, 1.54) is 0 Å². The molecule has 0 bridgehead atoms. The molecule has 4 nitrogen and oxygen atoms in total. The standard InChI is InChI=1S/C8H18O2.C7H16O2/c1-5-8(4,10)7(2,3)6-9;1-6(3-4-8)7(2)5-9/h9-10H,5-6H2,1-4H3;6-9H,3-5H2,1-2H3. The van der Waals surface area contributed by atoms with Crippen LogP contribution in [-0.2, 0) is 0 Å². The van der Waals surface area contributed by atoms with E-state index in [1.54, 1.807) is 6.92 Å². The summed E-state index contributed by atoms with van der Waals surface area (Å²) in [6.07, 6.45) is 1.46. The van der Waals surface area contributed by atoms with Gasteiger partial charge in [-0.2, -0.15) is 0 Å². The molecule has 3 unspecified atom stereocenters. The molecule has 0 spiro atoms. The van der Waals surface area contributed by atoms with Crippen molar-refractivity contribution in [2.24, 2.45) is 17.3 Å². The zero-order chi connectivity index (χ0) is 15.7. The zero-order valence-corrected chi connectivity index (χ0v) is 13.5. The minimum absolute atomic E-state index is 0.0217. The lowest BCUT2D eigenvalue weighted by molar-refractivity contribution is -0.0788. The first-order chi connectivity index (χ1) is 8.59. The largest absolute Gasteiger partial charge is 0.396 e. The van der Waals surface area contributed by atoms with Crippen molar-refractivity contribution in [2.45, 2.75) is 60.0 Å². The number of hydrogen-bond acceptors (Lipinski definition) is 4. The second-order valence-electron chi connectivity index (χ2n) is 6.32. The van der Waals surface area contributed by atoms with Gasteiger partial charge in [-0.05, 0) is 31.6 Å². The molecule has 0 aliphatic rings. The summed E-state index contributed by atoms with van der Waals surface area (Å²) < 4.78 is 0. The Morgan fingerprint density at radius 3 is 1.63 bits per heavy atom. The van der Waals surface area contributed by atoms with E-state index in [0.29, 0.717) is 18.3 Å². The van der Waals surface area contributed by atoms with Gasteiger partial charge in [0.1, 0.15) is 0 Å². The maximum Gasteiger partial charge on any atom is 0.0689 e. The van der Waals surface area contributed by atoms with E-state index in [2.05, 4.69) is 0 Å². The smallest absolute Gasteiger partial charge is 0.0689 e. The molecule has 4 heteroatoms. The molecule has 0 aliphatic heterocycles. The number of aliphatic hydroxyl groups excluding tert-OH is 3. The van der Waals surface area contributed by atoms with Crippen LogP contribution in [0.4, 0.5) is 0 Å². The zero-order valence-electron chi connectivity index (χ0n) is 13.5. The monoisotopic (exact) mass is 278 g/mol. The lowest BCUT2D eigenvalue weighted by Crippen LogP contribution is -2.43. The van der Waals surface area contributed by atoms with Crippen molar-refractivity contribution < 1.29 is 20.4 Å². The first-order valence-electron chi connectivity index (χ1n) is 7.14. The van der Waals surface area contributed by atoms with Gasteiger partial charge in [0.2, 0.25) is 0 Å². The molecule has 4 N–H and O–H groups in total. The van der Waals surface area contributed by atoms with Gasteiger partial charge in [0.25, 0.3) is 0 Å². The fourth-order valence-corrected chi connectivity index (χ4v) is 1.32. The van der Waals surface area contributed by atoms with E-state index in [1.807, 2.05) is 34.6 Å². The molecule has 0 aromatic heterocycles. The minimum atomic E-state index is -0.762. The number of aliphatic hydroxyl groups is 4. The third-order valence-electron chi connectivity index (χ3n) is 4.39. The highest BCUT2D eigenvalue weighted by Gasteiger charge is 2.36. The summed E-state index contributed by atoms with van der Waals surface area (Å²) in [6, 6.07) is 0. The van der Waals surface area contributed by atoms with Crippen molar-refractivity contribution in [3.05, 3.63) is 0 Å². The van der Waals surface area contributed by atoms with Gasteiger partial charge in [-0.25, -0.2) is 0 Å². The van der Waals surface area contributed by atoms with Gasteiger partial charge < -0.3 is 20.4 Å². The van der Waals surface area contributed by atoms with Gasteiger partial charge in [-0.15, -0.1) is 0 Å². The van der Waals surface area contributed by atoms with Crippen LogP contribution in [0.15, 0.2) is 0 Å². The Morgan fingerprint density at radius 1 is 0.947 bits per heavy atom. The highest BCUT2D eigenvalue weighted by Crippen LogP contribution is 2.32. The quantitative estimate of drug-likeness (QED) is 0.572. The third kappa shape index (κ3) is 7.88. The van der Waals surface area contributed by atoms with Crippen LogP contribution in [0.5, 0.6) is 0 Å². The van der Waals surface area contributed by atoms with Crippen molar-refractivity contribution in [1.82, 2.24) is 0 Å². The predicted octanol–water partition coefficient (Wildman–Crippen LogP) is 1.80. The molecule has 0 radical (unpaired) electrons. The van der Waals surface area contributed by atoms with Crippen LogP contribution in [-0.4, -0.2) is 45.8 Å². The molecular formula is C15H34O4. The average Bonchev–Trinajstić information content (AvgIpc) is 2.38. The molecule has 0 saturated carbocycles. The Labute approximate surface area is 118 Å². The van der Waals surface area contributed by atoms with Gasteiger partial charge >= 0.3 is 0 Å². The molecule has 0 amide bonds. The summed E-state index contributed by atoms with van der Waals surface area (Å²) >= 11 is 0. The maximum absolute atomic E-state index is 9.69. The summed E-state index contributed by atoms with van der Waals surface area (Å²) in [7, 11) is 0. The maximum atomic E-state index is 9.69. The Morgan fingerprint density at radius 2 is 1.42 bits per heavy atom. The minimum Gasteiger partial charge on any atom is -0.396 e. The van der Waals surface area contributed by atoms with Gasteiger partial charge in [-0.3, -0.25) is 0 Å². The molecule has 0 fully saturated rings. The molecule has 0 aliphatic carbocycles. The molecule has 3 atom stereocenters. The molecule has 0 heterocycles. The average molecular weight is 278 g/mol. The van der Waals surface area contributed by atoms with Gasteiger partial charge in [-0.1, -0.05) is 34.6 Å². The first-order valence-corrected chi connectivity index (χ1v) is 7.14. The van der Waals surface area contributed by atoms with Crippen LogP contribution >= 0.6 is 0 Å². The van der Waals surface area contributed by atoms with Crippen LogP contribution in [0.2, 0.25) is 0 Å². The topological polar surface area (TPSA) is 80.9 Å². The molecule has 0 rings (SSSR count). The van der Waals surface area contributed by atoms with Crippen LogP contribution < -0.4 is 0 Å². The first kappa shape index (κ1) is 21.1. The summed E-state index contributed by atoms with van der Waals surface area (Å²) in [4.78, 5) is 0. The summed E-state index contributed by atoms with van der Waals surface area (Å²) in [6.45, 7) is 11.9. The fourth-order valence-electron chi connectivity index (χ4n) is 1.32. The Bertz CT molecular complexity index is 200. The highest BCUT2D eigenvalue weighted by atomic mass is 16.3. The molecule has 0 saturated heterocycles. The molecule has 0 aromatic rings. The molecular weight excluding hydrogens is 244 g/mol.